The van der Waals surface area contributed by atoms with Crippen molar-refractivity contribution in [3.63, 3.8) is 0 Å². The highest BCUT2D eigenvalue weighted by Crippen LogP contribution is 1.94. The van der Waals surface area contributed by atoms with Gasteiger partial charge in [-0.05, 0) is 12.8 Å². The van der Waals surface area contributed by atoms with E-state index in [1.807, 2.05) is 13.8 Å². The predicted molar refractivity (Wildman–Crippen MR) is 65.4 cm³/mol. The molecular weight excluding hydrogens is 256 g/mol. The summed E-state index contributed by atoms with van der Waals surface area (Å²) in [4.78, 5) is 33.4. The molecule has 0 aromatic heterocycles. The number of aliphatic carboxylic acids is 1. The van der Waals surface area contributed by atoms with Crippen molar-refractivity contribution in [1.29, 1.82) is 0 Å². The van der Waals surface area contributed by atoms with Crippen molar-refractivity contribution >= 4 is 18.0 Å². The molecule has 110 valence electrons. The lowest BCUT2D eigenvalue weighted by atomic mass is 10.2. The van der Waals surface area contributed by atoms with Gasteiger partial charge in [0.15, 0.2) is 0 Å². The van der Waals surface area contributed by atoms with Crippen LogP contribution in [0.3, 0.4) is 0 Å². The summed E-state index contributed by atoms with van der Waals surface area (Å²) in [5, 5.41) is 21.9. The van der Waals surface area contributed by atoms with Crippen molar-refractivity contribution in [2.24, 2.45) is 5.92 Å². The van der Waals surface area contributed by atoms with E-state index in [4.69, 9.17) is 14.9 Å². The molecule has 0 aromatic rings. The number of aliphatic hydroxyl groups is 1. The van der Waals surface area contributed by atoms with Gasteiger partial charge >= 0.3 is 12.1 Å². The number of nitrogens with one attached hydrogen (secondary N) is 2. The second-order valence-electron chi connectivity index (χ2n) is 4.44. The quantitative estimate of drug-likeness (QED) is 0.488. The van der Waals surface area contributed by atoms with Crippen LogP contribution in [0, 0.1) is 5.92 Å². The molecule has 2 amide bonds. The molecule has 8 heteroatoms. The van der Waals surface area contributed by atoms with Gasteiger partial charge in [-0.3, -0.25) is 9.59 Å². The van der Waals surface area contributed by atoms with Crippen molar-refractivity contribution in [3.8, 4) is 0 Å². The Morgan fingerprint density at radius 1 is 1.16 bits per heavy atom. The van der Waals surface area contributed by atoms with Crippen LogP contribution in [0.4, 0.5) is 4.79 Å². The number of hydrogen-bond donors (Lipinski definition) is 4. The maximum absolute atomic E-state index is 11.6. The van der Waals surface area contributed by atoms with E-state index < -0.39 is 36.7 Å². The third-order valence-corrected chi connectivity index (χ3v) is 2.07. The fourth-order valence-corrected chi connectivity index (χ4v) is 0.996. The van der Waals surface area contributed by atoms with Crippen molar-refractivity contribution in [2.75, 3.05) is 13.2 Å². The lowest BCUT2D eigenvalue weighted by Gasteiger charge is -2.18. The predicted octanol–water partition coefficient (Wildman–Crippen LogP) is -0.681. The molecule has 0 unspecified atom stereocenters. The van der Waals surface area contributed by atoms with Gasteiger partial charge < -0.3 is 25.6 Å². The van der Waals surface area contributed by atoms with Crippen LogP contribution < -0.4 is 10.6 Å². The number of amides is 2. The number of carboxylic acids is 1. The van der Waals surface area contributed by atoms with Gasteiger partial charge in [-0.15, -0.1) is 0 Å². The summed E-state index contributed by atoms with van der Waals surface area (Å²) in [6.45, 7) is 4.48. The standard InChI is InChI=1S/C11H20N2O6/c1-6(2)5-19-11(18)13-8(4-14)9(15)12-7(3)10(16)17/h6-8,14H,4-5H2,1-3H3,(H,12,15)(H,13,18)(H,16,17)/t7-,8+/m0/s1. The Morgan fingerprint density at radius 2 is 1.74 bits per heavy atom. The highest BCUT2D eigenvalue weighted by molar-refractivity contribution is 5.89. The highest BCUT2D eigenvalue weighted by Gasteiger charge is 2.24. The number of ether oxygens (including phenoxy) is 1. The summed E-state index contributed by atoms with van der Waals surface area (Å²) in [5.74, 6) is -1.87. The smallest absolute Gasteiger partial charge is 0.407 e. The summed E-state index contributed by atoms with van der Waals surface area (Å²) in [6.07, 6.45) is -0.842. The topological polar surface area (TPSA) is 125 Å². The normalized spacial score (nSPS) is 13.5. The minimum absolute atomic E-state index is 0.138. The van der Waals surface area contributed by atoms with Crippen LogP contribution >= 0.6 is 0 Å². The number of aliphatic hydroxyl groups excluding tert-OH is 1. The average Bonchev–Trinajstić information content (AvgIpc) is 2.32. The van der Waals surface area contributed by atoms with E-state index in [0.29, 0.717) is 0 Å². The monoisotopic (exact) mass is 276 g/mol. The summed E-state index contributed by atoms with van der Waals surface area (Å²) >= 11 is 0. The zero-order chi connectivity index (χ0) is 15.0. The molecule has 0 radical (unpaired) electrons. The second kappa shape index (κ2) is 8.30. The first kappa shape index (κ1) is 17.2. The molecule has 2 atom stereocenters. The van der Waals surface area contributed by atoms with Gasteiger partial charge in [-0.25, -0.2) is 4.79 Å². The van der Waals surface area contributed by atoms with Gasteiger partial charge in [0.25, 0.3) is 0 Å². The van der Waals surface area contributed by atoms with Gasteiger partial charge in [0.1, 0.15) is 12.1 Å². The number of carbonyl (C=O) groups is 3. The minimum atomic E-state index is -1.25. The van der Waals surface area contributed by atoms with Crippen LogP contribution in [-0.2, 0) is 14.3 Å². The Balaban J connectivity index is 4.29. The molecular formula is C11H20N2O6. The van der Waals surface area contributed by atoms with Crippen molar-refractivity contribution in [3.05, 3.63) is 0 Å². The van der Waals surface area contributed by atoms with Gasteiger partial charge in [0, 0.05) is 0 Å². The SMILES string of the molecule is CC(C)COC(=O)N[C@H](CO)C(=O)N[C@@H](C)C(=O)O. The largest absolute Gasteiger partial charge is 0.480 e. The molecule has 0 aliphatic rings. The molecule has 0 saturated carbocycles. The molecule has 0 fully saturated rings. The van der Waals surface area contributed by atoms with E-state index in [9.17, 15) is 14.4 Å². The number of carbonyl (C=O) groups excluding carboxylic acids is 2. The Morgan fingerprint density at radius 3 is 2.16 bits per heavy atom. The molecule has 0 aromatic carbocycles. The fourth-order valence-electron chi connectivity index (χ4n) is 0.996. The van der Waals surface area contributed by atoms with Crippen molar-refractivity contribution < 1.29 is 29.3 Å². The van der Waals surface area contributed by atoms with Crippen LogP contribution in [0.1, 0.15) is 20.8 Å². The molecule has 0 spiro atoms. The average molecular weight is 276 g/mol. The Bertz CT molecular complexity index is 331. The zero-order valence-corrected chi connectivity index (χ0v) is 11.2. The summed E-state index contributed by atoms with van der Waals surface area (Å²) in [6, 6.07) is -2.36. The van der Waals surface area contributed by atoms with Crippen LogP contribution in [-0.4, -0.2) is 53.5 Å². The molecule has 0 saturated heterocycles. The zero-order valence-electron chi connectivity index (χ0n) is 11.2. The molecule has 0 bridgehead atoms. The Labute approximate surface area is 111 Å². The lowest BCUT2D eigenvalue weighted by Crippen LogP contribution is -2.52. The maximum atomic E-state index is 11.6. The van der Waals surface area contributed by atoms with Crippen molar-refractivity contribution in [1.82, 2.24) is 10.6 Å². The molecule has 0 rings (SSSR count). The first-order valence-electron chi connectivity index (χ1n) is 5.85. The van der Waals surface area contributed by atoms with Gasteiger partial charge in [-0.1, -0.05) is 13.8 Å². The van der Waals surface area contributed by atoms with E-state index in [-0.39, 0.29) is 12.5 Å². The number of carboxylic acid groups (broad SMARTS) is 1. The summed E-state index contributed by atoms with van der Waals surface area (Å²) < 4.78 is 4.78. The summed E-state index contributed by atoms with van der Waals surface area (Å²) in [7, 11) is 0. The number of rotatable bonds is 7. The van der Waals surface area contributed by atoms with E-state index in [2.05, 4.69) is 10.6 Å². The van der Waals surface area contributed by atoms with Crippen LogP contribution in [0.2, 0.25) is 0 Å². The third kappa shape index (κ3) is 7.24. The molecule has 8 nitrogen and oxygen atoms in total. The molecule has 4 N–H and O–H groups in total. The Kier molecular flexibility index (Phi) is 7.50. The lowest BCUT2D eigenvalue weighted by molar-refractivity contribution is -0.141. The van der Waals surface area contributed by atoms with Crippen LogP contribution in [0.15, 0.2) is 0 Å². The third-order valence-electron chi connectivity index (χ3n) is 2.07. The molecule has 0 aliphatic heterocycles. The van der Waals surface area contributed by atoms with E-state index in [1.165, 1.54) is 6.92 Å². The van der Waals surface area contributed by atoms with Crippen LogP contribution in [0.25, 0.3) is 0 Å². The molecule has 0 aliphatic carbocycles. The summed E-state index contributed by atoms with van der Waals surface area (Å²) in [5.41, 5.74) is 0. The van der Waals surface area contributed by atoms with E-state index in [0.717, 1.165) is 0 Å². The Hall–Kier alpha value is -1.83. The van der Waals surface area contributed by atoms with E-state index in [1.54, 1.807) is 0 Å². The minimum Gasteiger partial charge on any atom is -0.480 e. The first-order valence-corrected chi connectivity index (χ1v) is 5.85. The van der Waals surface area contributed by atoms with Gasteiger partial charge in [0.2, 0.25) is 5.91 Å². The van der Waals surface area contributed by atoms with E-state index >= 15 is 0 Å². The van der Waals surface area contributed by atoms with Gasteiger partial charge in [0.05, 0.1) is 13.2 Å². The maximum Gasteiger partial charge on any atom is 0.407 e. The molecule has 0 heterocycles. The highest BCUT2D eigenvalue weighted by atomic mass is 16.5. The van der Waals surface area contributed by atoms with Crippen molar-refractivity contribution in [2.45, 2.75) is 32.9 Å². The molecule has 19 heavy (non-hydrogen) atoms. The number of alkyl carbamates (subject to hydrolysis) is 1. The first-order chi connectivity index (χ1) is 8.77. The number of hydrogen-bond acceptors (Lipinski definition) is 5. The fraction of sp³-hybridized carbons (Fsp3) is 0.727. The van der Waals surface area contributed by atoms with Crippen LogP contribution in [0.5, 0.6) is 0 Å². The second-order valence-corrected chi connectivity index (χ2v) is 4.44. The van der Waals surface area contributed by atoms with Gasteiger partial charge in [-0.2, -0.15) is 0 Å².